The number of nitrogens with zero attached hydrogens (tertiary/aromatic N) is 2. The van der Waals surface area contributed by atoms with Crippen molar-refractivity contribution in [3.8, 4) is 0 Å². The summed E-state index contributed by atoms with van der Waals surface area (Å²) in [6.45, 7) is 10.2. The first-order chi connectivity index (χ1) is 12.4. The highest BCUT2D eigenvalue weighted by Crippen LogP contribution is 2.42. The second kappa shape index (κ2) is 6.91. The van der Waals surface area contributed by atoms with Gasteiger partial charge >= 0.3 is 6.03 Å². The van der Waals surface area contributed by atoms with E-state index in [1.165, 1.54) is 31.2 Å². The summed E-state index contributed by atoms with van der Waals surface area (Å²) in [6.07, 6.45) is 7.33. The van der Waals surface area contributed by atoms with Crippen LogP contribution in [0.1, 0.15) is 69.1 Å². The maximum Gasteiger partial charge on any atom is 0.317 e. The van der Waals surface area contributed by atoms with Crippen molar-refractivity contribution in [1.82, 2.24) is 15.1 Å². The molecule has 2 amide bonds. The predicted octanol–water partition coefficient (Wildman–Crippen LogP) is 3.87. The van der Waals surface area contributed by atoms with Gasteiger partial charge in [-0.3, -0.25) is 4.90 Å². The summed E-state index contributed by atoms with van der Waals surface area (Å²) in [6, 6.07) is 3.01. The van der Waals surface area contributed by atoms with E-state index in [1.54, 1.807) is 0 Å². The Morgan fingerprint density at radius 2 is 1.88 bits per heavy atom. The Balaban J connectivity index is 1.37. The molecule has 0 aromatic carbocycles. The van der Waals surface area contributed by atoms with Crippen molar-refractivity contribution < 1.29 is 9.21 Å². The van der Waals surface area contributed by atoms with Crippen LogP contribution in [-0.2, 0) is 6.42 Å². The second-order valence-corrected chi connectivity index (χ2v) is 9.24. The summed E-state index contributed by atoms with van der Waals surface area (Å²) >= 11 is 0. The number of piperazine rings is 1. The van der Waals surface area contributed by atoms with E-state index < -0.39 is 0 Å². The van der Waals surface area contributed by atoms with Crippen LogP contribution >= 0.6 is 0 Å². The molecule has 2 heterocycles. The van der Waals surface area contributed by atoms with Crippen LogP contribution in [0.5, 0.6) is 0 Å². The number of amides is 2. The first-order valence-electron chi connectivity index (χ1n) is 10.3. The molecule has 1 saturated carbocycles. The van der Waals surface area contributed by atoms with E-state index >= 15 is 0 Å². The van der Waals surface area contributed by atoms with Crippen molar-refractivity contribution in [2.24, 2.45) is 5.41 Å². The fraction of sp³-hybridized carbons (Fsp3) is 0.762. The molecule has 144 valence electrons. The van der Waals surface area contributed by atoms with Gasteiger partial charge in [-0.2, -0.15) is 0 Å². The van der Waals surface area contributed by atoms with Crippen molar-refractivity contribution >= 4 is 6.03 Å². The normalized spacial score (nSPS) is 26.7. The van der Waals surface area contributed by atoms with Gasteiger partial charge in [0.1, 0.15) is 11.5 Å². The van der Waals surface area contributed by atoms with Crippen molar-refractivity contribution in [3.05, 3.63) is 23.2 Å². The lowest BCUT2D eigenvalue weighted by molar-refractivity contribution is 0.106. The molecule has 3 aliphatic rings. The molecule has 2 fully saturated rings. The first-order valence-corrected chi connectivity index (χ1v) is 10.3. The van der Waals surface area contributed by atoms with Crippen LogP contribution in [0.15, 0.2) is 10.5 Å². The van der Waals surface area contributed by atoms with Crippen LogP contribution in [0.3, 0.4) is 0 Å². The minimum absolute atomic E-state index is 0.0616. The number of urea groups is 1. The van der Waals surface area contributed by atoms with E-state index in [0.717, 1.165) is 56.6 Å². The van der Waals surface area contributed by atoms with Crippen LogP contribution in [0.4, 0.5) is 4.79 Å². The Morgan fingerprint density at radius 3 is 2.58 bits per heavy atom. The van der Waals surface area contributed by atoms with E-state index in [4.69, 9.17) is 4.42 Å². The molecule has 1 N–H and O–H groups in total. The highest BCUT2D eigenvalue weighted by Gasteiger charge is 2.36. The maximum atomic E-state index is 12.9. The van der Waals surface area contributed by atoms with Gasteiger partial charge < -0.3 is 14.6 Å². The van der Waals surface area contributed by atoms with Gasteiger partial charge in [0.2, 0.25) is 0 Å². The summed E-state index contributed by atoms with van der Waals surface area (Å²) < 4.78 is 5.90. The highest BCUT2D eigenvalue weighted by atomic mass is 16.3. The quantitative estimate of drug-likeness (QED) is 0.872. The summed E-state index contributed by atoms with van der Waals surface area (Å²) in [4.78, 5) is 17.5. The molecule has 0 radical (unpaired) electrons. The summed E-state index contributed by atoms with van der Waals surface area (Å²) in [5.74, 6) is 1.99. The maximum absolute atomic E-state index is 12.9. The van der Waals surface area contributed by atoms with E-state index in [-0.39, 0.29) is 17.5 Å². The minimum atomic E-state index is 0.0616. The molecule has 0 spiro atoms. The molecule has 1 aromatic rings. The van der Waals surface area contributed by atoms with Crippen LogP contribution in [-0.4, -0.2) is 48.1 Å². The van der Waals surface area contributed by atoms with Gasteiger partial charge in [-0.1, -0.05) is 26.7 Å². The van der Waals surface area contributed by atoms with Crippen molar-refractivity contribution in [1.29, 1.82) is 0 Å². The molecular weight excluding hydrogens is 326 g/mol. The molecule has 1 saturated heterocycles. The zero-order chi connectivity index (χ0) is 18.3. The number of rotatable bonds is 2. The van der Waals surface area contributed by atoms with Gasteiger partial charge in [-0.15, -0.1) is 0 Å². The van der Waals surface area contributed by atoms with E-state index in [2.05, 4.69) is 30.1 Å². The van der Waals surface area contributed by atoms with Gasteiger partial charge in [0.15, 0.2) is 0 Å². The third-order valence-electron chi connectivity index (χ3n) is 6.48. The van der Waals surface area contributed by atoms with Gasteiger partial charge in [0, 0.05) is 44.2 Å². The van der Waals surface area contributed by atoms with Crippen molar-refractivity contribution in [3.63, 3.8) is 0 Å². The molecule has 0 bridgehead atoms. The number of hydrogen-bond acceptors (Lipinski definition) is 3. The topological polar surface area (TPSA) is 48.7 Å². The average molecular weight is 360 g/mol. The smallest absolute Gasteiger partial charge is 0.317 e. The van der Waals surface area contributed by atoms with Crippen LogP contribution in [0.2, 0.25) is 0 Å². The van der Waals surface area contributed by atoms with Crippen LogP contribution in [0.25, 0.3) is 0 Å². The monoisotopic (exact) mass is 359 g/mol. The van der Waals surface area contributed by atoms with Crippen molar-refractivity contribution in [2.45, 2.75) is 71.4 Å². The molecule has 1 atom stereocenters. The third-order valence-corrected chi connectivity index (χ3v) is 6.48. The Kier molecular flexibility index (Phi) is 4.76. The number of carbonyl (C=O) groups is 1. The van der Waals surface area contributed by atoms with Gasteiger partial charge in [0.05, 0.1) is 6.04 Å². The largest absolute Gasteiger partial charge is 0.466 e. The van der Waals surface area contributed by atoms with E-state index in [0.29, 0.717) is 0 Å². The Labute approximate surface area is 157 Å². The van der Waals surface area contributed by atoms with Crippen LogP contribution in [0, 0.1) is 12.3 Å². The summed E-state index contributed by atoms with van der Waals surface area (Å²) in [7, 11) is 0. The van der Waals surface area contributed by atoms with Crippen LogP contribution < -0.4 is 5.32 Å². The Hall–Kier alpha value is -1.49. The summed E-state index contributed by atoms with van der Waals surface area (Å²) in [5.41, 5.74) is 1.33. The number of furan rings is 1. The number of fused-ring (bicyclic) bond motifs is 1. The van der Waals surface area contributed by atoms with Gasteiger partial charge in [0.25, 0.3) is 0 Å². The third kappa shape index (κ3) is 3.64. The Bertz CT molecular complexity index is 652. The molecular formula is C21H33N3O2. The lowest BCUT2D eigenvalue weighted by Gasteiger charge is -2.40. The Morgan fingerprint density at radius 1 is 1.19 bits per heavy atom. The SMILES string of the molecule is Cc1cc2c(o1)CC(C)(C)CC2NC(=O)N1CCN(C2CCCC2)CC1. The standard InChI is InChI=1S/C21H33N3O2/c1-15-12-17-18(13-21(2,3)14-19(17)26-15)22-20(25)24-10-8-23(9-11-24)16-6-4-5-7-16/h12,16,18H,4-11,13-14H2,1-3H3,(H,22,25). The second-order valence-electron chi connectivity index (χ2n) is 9.24. The minimum Gasteiger partial charge on any atom is -0.466 e. The lowest BCUT2D eigenvalue weighted by Crippen LogP contribution is -2.54. The van der Waals surface area contributed by atoms with Gasteiger partial charge in [-0.25, -0.2) is 4.79 Å². The lowest BCUT2D eigenvalue weighted by atomic mass is 9.75. The van der Waals surface area contributed by atoms with Crippen molar-refractivity contribution in [2.75, 3.05) is 26.2 Å². The fourth-order valence-corrected chi connectivity index (χ4v) is 5.11. The zero-order valence-corrected chi connectivity index (χ0v) is 16.5. The fourth-order valence-electron chi connectivity index (χ4n) is 5.11. The molecule has 5 nitrogen and oxygen atoms in total. The zero-order valence-electron chi connectivity index (χ0n) is 16.5. The highest BCUT2D eigenvalue weighted by molar-refractivity contribution is 5.75. The molecule has 26 heavy (non-hydrogen) atoms. The average Bonchev–Trinajstić information content (AvgIpc) is 3.23. The number of nitrogens with one attached hydrogen (secondary N) is 1. The number of aryl methyl sites for hydroxylation is 1. The summed E-state index contributed by atoms with van der Waals surface area (Å²) in [5, 5.41) is 3.31. The number of hydrogen-bond donors (Lipinski definition) is 1. The predicted molar refractivity (Wildman–Crippen MR) is 102 cm³/mol. The molecule has 2 aliphatic carbocycles. The number of carbonyl (C=O) groups excluding carboxylic acids is 1. The molecule has 1 unspecified atom stereocenters. The van der Waals surface area contributed by atoms with Gasteiger partial charge in [-0.05, 0) is 37.7 Å². The molecule has 5 heteroatoms. The molecule has 1 aliphatic heterocycles. The van der Waals surface area contributed by atoms with E-state index in [1.807, 2.05) is 11.8 Å². The molecule has 1 aromatic heterocycles. The van der Waals surface area contributed by atoms with E-state index in [9.17, 15) is 4.79 Å². The molecule has 4 rings (SSSR count). The first kappa shape index (κ1) is 17.9.